The van der Waals surface area contributed by atoms with Gasteiger partial charge in [0.15, 0.2) is 31.4 Å². The lowest BCUT2D eigenvalue weighted by atomic mass is 9.88. The van der Waals surface area contributed by atoms with Crippen molar-refractivity contribution >= 4 is 45.8 Å². The van der Waals surface area contributed by atoms with Crippen LogP contribution in [0, 0.1) is 0 Å². The molecule has 0 N–H and O–H groups in total. The van der Waals surface area contributed by atoms with E-state index in [0.717, 1.165) is 44.7 Å². The molecule has 5 heterocycles. The molecule has 0 fully saturated rings. The fourth-order valence-corrected chi connectivity index (χ4v) is 7.65. The standard InChI is InChI=1S/C29H25N2O3P/c1-29(2,3)18-13-15-30(4)25(16-18)34-22-9-7-8-19-20-17-32-21-11-12-23-28(26(20)21)35(27(19)22)31-14-6-5-10-24(31)33-23/h5-17H,1-4H3/q+2. The van der Waals surface area contributed by atoms with Gasteiger partial charge in [0.05, 0.1) is 18.4 Å². The van der Waals surface area contributed by atoms with Crippen molar-refractivity contribution in [2.45, 2.75) is 26.2 Å². The lowest BCUT2D eigenvalue weighted by Gasteiger charge is -2.19. The van der Waals surface area contributed by atoms with Crippen molar-refractivity contribution in [2.24, 2.45) is 7.05 Å². The summed E-state index contributed by atoms with van der Waals surface area (Å²) >= 11 is 0. The highest BCUT2D eigenvalue weighted by molar-refractivity contribution is 7.57. The summed E-state index contributed by atoms with van der Waals surface area (Å²) in [5, 5.41) is 5.73. The fraction of sp³-hybridized carbons (Fsp3) is 0.172. The molecule has 7 rings (SSSR count). The van der Waals surface area contributed by atoms with Crippen molar-refractivity contribution in [1.82, 2.24) is 0 Å². The number of ether oxygens (including phenoxy) is 1. The number of aryl methyl sites for hydroxylation is 1. The number of nitrogens with zero attached hydrogens (tertiary/aromatic N) is 2. The van der Waals surface area contributed by atoms with Crippen LogP contribution in [0.25, 0.3) is 43.5 Å². The zero-order valence-corrected chi connectivity index (χ0v) is 21.0. The highest BCUT2D eigenvalue weighted by Crippen LogP contribution is 2.56. The normalized spacial score (nSPS) is 13.1. The summed E-state index contributed by atoms with van der Waals surface area (Å²) in [7, 11) is 1.05. The summed E-state index contributed by atoms with van der Waals surface area (Å²) < 4.78 is 23.4. The molecule has 0 saturated heterocycles. The molecule has 1 atom stereocenters. The first-order valence-electron chi connectivity index (χ1n) is 11.7. The van der Waals surface area contributed by atoms with Gasteiger partial charge in [0.2, 0.25) is 0 Å². The Hall–Kier alpha value is -3.82. The van der Waals surface area contributed by atoms with Crippen LogP contribution in [-0.2, 0) is 12.5 Å². The Balaban J connectivity index is 1.61. The molecule has 172 valence electrons. The van der Waals surface area contributed by atoms with Crippen molar-refractivity contribution in [3.05, 3.63) is 84.9 Å². The van der Waals surface area contributed by atoms with Crippen LogP contribution in [0.15, 0.2) is 88.2 Å². The van der Waals surface area contributed by atoms with Gasteiger partial charge in [-0.25, -0.2) is 0 Å². The van der Waals surface area contributed by atoms with E-state index in [9.17, 15) is 0 Å². The van der Waals surface area contributed by atoms with E-state index >= 15 is 0 Å². The third-order valence-electron chi connectivity index (χ3n) is 6.81. The SMILES string of the molecule is C[n+]1ccc(C(C)(C)C)cc1Oc1cccc2c3coc4ccc5oc6cccc[n+]6p(c12)-c5c43. The first-order valence-corrected chi connectivity index (χ1v) is 13.0. The maximum atomic E-state index is 6.74. The van der Waals surface area contributed by atoms with Gasteiger partial charge in [-0.05, 0) is 35.2 Å². The van der Waals surface area contributed by atoms with E-state index in [1.807, 2.05) is 42.1 Å². The summed E-state index contributed by atoms with van der Waals surface area (Å²) in [6, 6.07) is 20.8. The smallest absolute Gasteiger partial charge is 0.380 e. The lowest BCUT2D eigenvalue weighted by Crippen LogP contribution is -2.30. The molecule has 6 heteroatoms. The van der Waals surface area contributed by atoms with Crippen molar-refractivity contribution in [3.8, 4) is 16.9 Å². The summed E-state index contributed by atoms with van der Waals surface area (Å²) in [6.45, 7) is 6.66. The van der Waals surface area contributed by atoms with Gasteiger partial charge in [-0.2, -0.15) is 4.57 Å². The van der Waals surface area contributed by atoms with Crippen LogP contribution in [-0.4, -0.2) is 0 Å². The molecular formula is C29H25N2O3P+2. The molecule has 0 saturated carbocycles. The Labute approximate surface area is 203 Å². The molecule has 35 heavy (non-hydrogen) atoms. The van der Waals surface area contributed by atoms with Crippen molar-refractivity contribution in [2.75, 3.05) is 0 Å². The highest BCUT2D eigenvalue weighted by Gasteiger charge is 2.32. The second-order valence-corrected chi connectivity index (χ2v) is 12.1. The largest absolute Gasteiger partial charge is 0.464 e. The van der Waals surface area contributed by atoms with Crippen LogP contribution >= 0.6 is 7.69 Å². The van der Waals surface area contributed by atoms with E-state index < -0.39 is 7.69 Å². The molecule has 1 unspecified atom stereocenters. The predicted molar refractivity (Wildman–Crippen MR) is 138 cm³/mol. The third kappa shape index (κ3) is 2.95. The summed E-state index contributed by atoms with van der Waals surface area (Å²) in [5.41, 5.74) is 3.86. The number of benzene rings is 2. The Kier molecular flexibility index (Phi) is 4.16. The molecule has 3 aromatic heterocycles. The molecular weight excluding hydrogens is 455 g/mol. The Morgan fingerprint density at radius 3 is 2.60 bits per heavy atom. The Morgan fingerprint density at radius 2 is 1.74 bits per heavy atom. The molecule has 5 aromatic rings. The van der Waals surface area contributed by atoms with Crippen molar-refractivity contribution < 1.29 is 22.3 Å². The van der Waals surface area contributed by atoms with Gasteiger partial charge in [-0.15, -0.1) is 4.16 Å². The Morgan fingerprint density at radius 1 is 0.886 bits per heavy atom. The quantitative estimate of drug-likeness (QED) is 0.147. The number of pyridine rings is 2. The van der Waals surface area contributed by atoms with Gasteiger partial charge in [-0.1, -0.05) is 32.9 Å². The molecule has 2 aliphatic heterocycles. The van der Waals surface area contributed by atoms with E-state index in [2.05, 4.69) is 73.7 Å². The topological polar surface area (TPSA) is 43.5 Å². The second-order valence-electron chi connectivity index (χ2n) is 10.1. The molecule has 2 aromatic carbocycles. The van der Waals surface area contributed by atoms with E-state index in [1.54, 1.807) is 0 Å². The minimum Gasteiger partial charge on any atom is -0.464 e. The number of furan rings is 1. The first-order chi connectivity index (χ1) is 16.9. The van der Waals surface area contributed by atoms with Gasteiger partial charge in [-0.3, -0.25) is 0 Å². The average Bonchev–Trinajstić information content (AvgIpc) is 3.28. The number of rotatable bonds is 2. The Bertz CT molecular complexity index is 1880. The molecule has 0 amide bonds. The number of fused-ring (bicyclic) bond motifs is 5. The minimum absolute atomic E-state index is 0.0261. The van der Waals surface area contributed by atoms with E-state index in [1.165, 1.54) is 16.0 Å². The van der Waals surface area contributed by atoms with Crippen molar-refractivity contribution in [3.63, 3.8) is 0 Å². The van der Waals surface area contributed by atoms with Gasteiger partial charge in [0, 0.05) is 28.3 Å². The zero-order valence-electron chi connectivity index (χ0n) is 20.1. The minimum atomic E-state index is -0.974. The van der Waals surface area contributed by atoms with Crippen molar-refractivity contribution in [1.29, 1.82) is 0 Å². The molecule has 0 aliphatic carbocycles. The molecule has 0 radical (unpaired) electrons. The maximum absolute atomic E-state index is 6.74. The molecule has 2 aliphatic rings. The highest BCUT2D eigenvalue weighted by atomic mass is 31.1. The predicted octanol–water partition coefficient (Wildman–Crippen LogP) is 7.40. The summed E-state index contributed by atoms with van der Waals surface area (Å²) in [6.07, 6.45) is 6.04. The monoisotopic (exact) mass is 480 g/mol. The molecule has 5 nitrogen and oxygen atoms in total. The third-order valence-corrected chi connectivity index (χ3v) is 9.32. The summed E-state index contributed by atoms with van der Waals surface area (Å²) in [4.78, 5) is 0. The van der Waals surface area contributed by atoms with Crippen LogP contribution in [0.3, 0.4) is 0 Å². The van der Waals surface area contributed by atoms with Crippen LogP contribution in [0.4, 0.5) is 0 Å². The maximum Gasteiger partial charge on any atom is 0.380 e. The van der Waals surface area contributed by atoms with E-state index in [4.69, 9.17) is 13.6 Å². The first kappa shape index (κ1) is 20.5. The molecule has 0 spiro atoms. The lowest BCUT2D eigenvalue weighted by molar-refractivity contribution is -0.675. The number of aromatic nitrogens is 2. The molecule has 0 bridgehead atoms. The average molecular weight is 481 g/mol. The van der Waals surface area contributed by atoms with Gasteiger partial charge in [0.25, 0.3) is 0 Å². The number of hydrogen-bond donors (Lipinski definition) is 0. The van der Waals surface area contributed by atoms with E-state index in [-0.39, 0.29) is 5.41 Å². The van der Waals surface area contributed by atoms with Gasteiger partial charge < -0.3 is 13.6 Å². The zero-order chi connectivity index (χ0) is 23.9. The van der Waals surface area contributed by atoms with Crippen LogP contribution in [0.5, 0.6) is 11.6 Å². The van der Waals surface area contributed by atoms with Crippen LogP contribution in [0.1, 0.15) is 26.3 Å². The van der Waals surface area contributed by atoms with Gasteiger partial charge >= 0.3 is 11.6 Å². The summed E-state index contributed by atoms with van der Waals surface area (Å²) in [5.74, 6) is 1.66. The fourth-order valence-electron chi connectivity index (χ4n) is 4.96. The van der Waals surface area contributed by atoms with E-state index in [0.29, 0.717) is 0 Å². The van der Waals surface area contributed by atoms with Crippen LogP contribution < -0.4 is 13.5 Å². The second kappa shape index (κ2) is 7.10. The number of hydrogen-bond acceptors (Lipinski definition) is 3. The van der Waals surface area contributed by atoms with Crippen LogP contribution in [0.2, 0.25) is 0 Å². The van der Waals surface area contributed by atoms with Gasteiger partial charge in [0.1, 0.15) is 23.1 Å².